The van der Waals surface area contributed by atoms with Crippen LogP contribution in [-0.2, 0) is 16.6 Å². The van der Waals surface area contributed by atoms with Gasteiger partial charge in [0.25, 0.3) is 0 Å². The summed E-state index contributed by atoms with van der Waals surface area (Å²) >= 11 is 6.27. The van der Waals surface area contributed by atoms with Crippen LogP contribution < -0.4 is 19.8 Å². The Balaban J connectivity index is 1.40. The number of anilines is 4. The van der Waals surface area contributed by atoms with Crippen molar-refractivity contribution in [1.29, 1.82) is 0 Å². The van der Waals surface area contributed by atoms with Gasteiger partial charge in [0.05, 0.1) is 18.5 Å². The SMILES string of the molecule is Cc1cc(Nc2ncc3ccn(Cc4cc(Cl)ccc4N(C)S(C)(=O)=O)c3n2)ccc1N1CCNC(C)C1. The number of rotatable bonds is 7. The number of piperazine rings is 1. The maximum Gasteiger partial charge on any atom is 0.232 e. The highest BCUT2D eigenvalue weighted by molar-refractivity contribution is 7.92. The Hall–Kier alpha value is -3.34. The van der Waals surface area contributed by atoms with E-state index >= 15 is 0 Å². The van der Waals surface area contributed by atoms with Crippen LogP contribution >= 0.6 is 11.6 Å². The second-order valence-electron chi connectivity index (χ2n) is 9.85. The predicted molar refractivity (Wildman–Crippen MR) is 155 cm³/mol. The van der Waals surface area contributed by atoms with Crippen LogP contribution in [0.4, 0.5) is 23.0 Å². The van der Waals surface area contributed by atoms with Crippen molar-refractivity contribution in [3.8, 4) is 0 Å². The summed E-state index contributed by atoms with van der Waals surface area (Å²) in [6.07, 6.45) is 4.88. The summed E-state index contributed by atoms with van der Waals surface area (Å²) < 4.78 is 27.6. The van der Waals surface area contributed by atoms with Crippen molar-refractivity contribution >= 4 is 55.7 Å². The van der Waals surface area contributed by atoms with Gasteiger partial charge in [-0.2, -0.15) is 4.98 Å². The molecule has 0 bridgehead atoms. The summed E-state index contributed by atoms with van der Waals surface area (Å²) in [5.74, 6) is 0.486. The molecule has 4 aromatic rings. The highest BCUT2D eigenvalue weighted by Gasteiger charge is 2.19. The van der Waals surface area contributed by atoms with E-state index in [0.29, 0.717) is 29.2 Å². The van der Waals surface area contributed by atoms with Gasteiger partial charge < -0.3 is 20.1 Å². The summed E-state index contributed by atoms with van der Waals surface area (Å²) in [6.45, 7) is 7.68. The van der Waals surface area contributed by atoms with E-state index in [1.54, 1.807) is 24.4 Å². The number of sulfonamides is 1. The molecule has 200 valence electrons. The monoisotopic (exact) mass is 553 g/mol. The van der Waals surface area contributed by atoms with E-state index < -0.39 is 10.0 Å². The summed E-state index contributed by atoms with van der Waals surface area (Å²) in [5.41, 5.74) is 5.42. The second-order valence-corrected chi connectivity index (χ2v) is 12.3. The molecule has 1 fully saturated rings. The van der Waals surface area contributed by atoms with E-state index in [9.17, 15) is 8.42 Å². The molecule has 1 aliphatic heterocycles. The fraction of sp³-hybridized carbons (Fsp3) is 0.333. The first-order valence-electron chi connectivity index (χ1n) is 12.5. The number of aryl methyl sites for hydroxylation is 1. The third-order valence-corrected chi connectivity index (χ3v) is 8.31. The van der Waals surface area contributed by atoms with Gasteiger partial charge in [-0.15, -0.1) is 0 Å². The van der Waals surface area contributed by atoms with Gasteiger partial charge in [0.2, 0.25) is 16.0 Å². The van der Waals surface area contributed by atoms with Crippen molar-refractivity contribution < 1.29 is 8.42 Å². The van der Waals surface area contributed by atoms with Crippen molar-refractivity contribution in [2.24, 2.45) is 0 Å². The average molecular weight is 554 g/mol. The first-order valence-corrected chi connectivity index (χ1v) is 14.7. The average Bonchev–Trinajstić information content (AvgIpc) is 3.25. The highest BCUT2D eigenvalue weighted by Crippen LogP contribution is 2.29. The lowest BCUT2D eigenvalue weighted by atomic mass is 10.1. The first-order chi connectivity index (χ1) is 18.1. The second kappa shape index (κ2) is 10.4. The van der Waals surface area contributed by atoms with E-state index in [-0.39, 0.29) is 0 Å². The van der Waals surface area contributed by atoms with Gasteiger partial charge in [-0.05, 0) is 67.4 Å². The number of fused-ring (bicyclic) bond motifs is 1. The van der Waals surface area contributed by atoms with E-state index in [4.69, 9.17) is 16.6 Å². The third kappa shape index (κ3) is 5.57. The van der Waals surface area contributed by atoms with Gasteiger partial charge in [-0.25, -0.2) is 13.4 Å². The number of aromatic nitrogens is 3. The first kappa shape index (κ1) is 26.3. The quantitative estimate of drug-likeness (QED) is 0.351. The standard InChI is InChI=1S/C27H32ClN7O2S/c1-18-13-23(6-8-24(18)34-12-10-29-19(2)16-34)31-27-30-15-20-9-11-35(26(20)32-27)17-21-14-22(28)5-7-25(21)33(3)38(4,36)37/h5-9,11,13-15,19,29H,10,12,16-17H2,1-4H3,(H,30,31,32). The highest BCUT2D eigenvalue weighted by atomic mass is 35.5. The van der Waals surface area contributed by atoms with Crippen LogP contribution in [0.2, 0.25) is 5.02 Å². The molecule has 0 spiro atoms. The molecule has 0 saturated carbocycles. The summed E-state index contributed by atoms with van der Waals surface area (Å²) in [7, 11) is -1.89. The Morgan fingerprint density at radius 2 is 2.03 bits per heavy atom. The molecule has 1 saturated heterocycles. The Labute approximate surface area is 228 Å². The third-order valence-electron chi connectivity index (χ3n) is 6.88. The van der Waals surface area contributed by atoms with E-state index in [1.807, 2.05) is 16.8 Å². The zero-order valence-corrected chi connectivity index (χ0v) is 23.5. The molecule has 9 nitrogen and oxygen atoms in total. The molecule has 38 heavy (non-hydrogen) atoms. The lowest BCUT2D eigenvalue weighted by molar-refractivity contribution is 0.484. The van der Waals surface area contributed by atoms with Crippen LogP contribution in [0.25, 0.3) is 11.0 Å². The molecule has 11 heteroatoms. The van der Waals surface area contributed by atoms with Crippen LogP contribution in [0.15, 0.2) is 54.9 Å². The molecule has 5 rings (SSSR count). The molecule has 1 aliphatic rings. The maximum atomic E-state index is 12.2. The van der Waals surface area contributed by atoms with Crippen molar-refractivity contribution in [3.05, 3.63) is 71.0 Å². The molecule has 0 amide bonds. The van der Waals surface area contributed by atoms with Gasteiger partial charge in [-0.3, -0.25) is 4.31 Å². The van der Waals surface area contributed by atoms with Gasteiger partial charge in [-0.1, -0.05) is 11.6 Å². The molecular formula is C27H32ClN7O2S. The van der Waals surface area contributed by atoms with E-state index in [1.165, 1.54) is 28.9 Å². The number of halogens is 1. The fourth-order valence-electron chi connectivity index (χ4n) is 4.88. The minimum absolute atomic E-state index is 0.395. The van der Waals surface area contributed by atoms with E-state index in [2.05, 4.69) is 52.6 Å². The van der Waals surface area contributed by atoms with Crippen LogP contribution in [0.1, 0.15) is 18.1 Å². The number of hydrogen-bond donors (Lipinski definition) is 2. The number of nitrogens with zero attached hydrogens (tertiary/aromatic N) is 5. The number of nitrogens with one attached hydrogen (secondary N) is 2. The lowest BCUT2D eigenvalue weighted by Crippen LogP contribution is -2.49. The summed E-state index contributed by atoms with van der Waals surface area (Å²) in [5, 5.41) is 8.25. The molecule has 3 heterocycles. The maximum absolute atomic E-state index is 12.2. The van der Waals surface area contributed by atoms with Gasteiger partial charge >= 0.3 is 0 Å². The van der Waals surface area contributed by atoms with Crippen molar-refractivity contribution in [2.75, 3.05) is 47.5 Å². The molecular weight excluding hydrogens is 522 g/mol. The minimum Gasteiger partial charge on any atom is -0.368 e. The number of benzene rings is 2. The lowest BCUT2D eigenvalue weighted by Gasteiger charge is -2.34. The number of hydrogen-bond acceptors (Lipinski definition) is 7. The van der Waals surface area contributed by atoms with Crippen molar-refractivity contribution in [2.45, 2.75) is 26.4 Å². The zero-order chi connectivity index (χ0) is 27.0. The van der Waals surface area contributed by atoms with E-state index in [0.717, 1.165) is 41.9 Å². The van der Waals surface area contributed by atoms with Gasteiger partial charge in [0, 0.05) is 66.9 Å². The molecule has 0 radical (unpaired) electrons. The van der Waals surface area contributed by atoms with Crippen LogP contribution in [0.5, 0.6) is 0 Å². The Morgan fingerprint density at radius 1 is 1.21 bits per heavy atom. The molecule has 0 aliphatic carbocycles. The predicted octanol–water partition coefficient (Wildman–Crippen LogP) is 4.38. The van der Waals surface area contributed by atoms with Crippen molar-refractivity contribution in [3.63, 3.8) is 0 Å². The Morgan fingerprint density at radius 3 is 2.76 bits per heavy atom. The fourth-order valence-corrected chi connectivity index (χ4v) is 5.61. The Bertz CT molecular complexity index is 1590. The smallest absolute Gasteiger partial charge is 0.232 e. The van der Waals surface area contributed by atoms with Crippen molar-refractivity contribution in [1.82, 2.24) is 19.9 Å². The van der Waals surface area contributed by atoms with Gasteiger partial charge in [0.1, 0.15) is 5.65 Å². The van der Waals surface area contributed by atoms with Gasteiger partial charge in [0.15, 0.2) is 0 Å². The zero-order valence-electron chi connectivity index (χ0n) is 21.9. The molecule has 1 unspecified atom stereocenters. The van der Waals surface area contributed by atoms with Crippen LogP contribution in [0.3, 0.4) is 0 Å². The molecule has 2 aromatic carbocycles. The topological polar surface area (TPSA) is 95.4 Å². The van der Waals surface area contributed by atoms with Crippen LogP contribution in [-0.4, -0.2) is 61.9 Å². The normalized spacial score (nSPS) is 16.1. The summed E-state index contributed by atoms with van der Waals surface area (Å²) in [6, 6.07) is 13.9. The largest absolute Gasteiger partial charge is 0.368 e. The Kier molecular flexibility index (Phi) is 7.21. The van der Waals surface area contributed by atoms with Crippen LogP contribution in [0, 0.1) is 6.92 Å². The minimum atomic E-state index is -3.43. The summed E-state index contributed by atoms with van der Waals surface area (Å²) in [4.78, 5) is 11.7. The molecule has 2 N–H and O–H groups in total. The molecule has 2 aromatic heterocycles. The molecule has 1 atom stereocenters.